The number of aliphatic carboxylic acids is 1. The fraction of sp³-hybridized carbons (Fsp3) is 0.208. The third kappa shape index (κ3) is 2.88. The summed E-state index contributed by atoms with van der Waals surface area (Å²) in [5, 5.41) is 10.3. The second-order valence-electron chi connectivity index (χ2n) is 7.30. The Labute approximate surface area is 173 Å². The monoisotopic (exact) mass is 404 g/mol. The molecule has 0 aromatic heterocycles. The summed E-state index contributed by atoms with van der Waals surface area (Å²) >= 11 is 1.68. The fourth-order valence-electron chi connectivity index (χ4n) is 4.70. The van der Waals surface area contributed by atoms with Gasteiger partial charge in [-0.05, 0) is 41.1 Å². The van der Waals surface area contributed by atoms with E-state index in [9.17, 15) is 9.90 Å². The van der Waals surface area contributed by atoms with Crippen LogP contribution in [0.5, 0.6) is 11.5 Å². The Morgan fingerprint density at radius 2 is 1.59 bits per heavy atom. The molecule has 3 aromatic rings. The highest BCUT2D eigenvalue weighted by atomic mass is 32.2. The van der Waals surface area contributed by atoms with Crippen molar-refractivity contribution in [1.82, 2.24) is 0 Å². The van der Waals surface area contributed by atoms with Gasteiger partial charge in [0, 0.05) is 22.3 Å². The highest BCUT2D eigenvalue weighted by molar-refractivity contribution is 7.98. The molecule has 0 amide bonds. The Morgan fingerprint density at radius 3 is 2.28 bits per heavy atom. The third-order valence-electron chi connectivity index (χ3n) is 5.91. The van der Waals surface area contributed by atoms with Crippen molar-refractivity contribution in [2.45, 2.75) is 16.7 Å². The number of hydrogen-bond donors (Lipinski definition) is 1. The van der Waals surface area contributed by atoms with Crippen LogP contribution in [0.3, 0.4) is 0 Å². The zero-order valence-corrected chi connectivity index (χ0v) is 16.7. The van der Waals surface area contributed by atoms with Crippen molar-refractivity contribution in [2.75, 3.05) is 13.0 Å². The molecule has 5 heteroatoms. The van der Waals surface area contributed by atoms with E-state index in [4.69, 9.17) is 9.47 Å². The average molecular weight is 404 g/mol. The van der Waals surface area contributed by atoms with Gasteiger partial charge in [-0.1, -0.05) is 48.5 Å². The molecule has 1 N–H and O–H groups in total. The summed E-state index contributed by atoms with van der Waals surface area (Å²) in [6, 6.07) is 22.0. The van der Waals surface area contributed by atoms with Gasteiger partial charge in [-0.25, -0.2) is 0 Å². The van der Waals surface area contributed by atoms with Crippen LogP contribution in [-0.2, 0) is 4.79 Å². The smallest absolute Gasteiger partial charge is 0.308 e. The van der Waals surface area contributed by atoms with E-state index in [2.05, 4.69) is 30.3 Å². The number of fused-ring (bicyclic) bond motifs is 2. The molecule has 0 bridgehead atoms. The summed E-state index contributed by atoms with van der Waals surface area (Å²) in [5.41, 5.74) is 4.01. The van der Waals surface area contributed by atoms with Gasteiger partial charge in [0.25, 0.3) is 0 Å². The van der Waals surface area contributed by atoms with Crippen molar-refractivity contribution < 1.29 is 19.4 Å². The van der Waals surface area contributed by atoms with E-state index in [-0.39, 0.29) is 18.6 Å². The molecular formula is C24H20O4S. The van der Waals surface area contributed by atoms with Crippen molar-refractivity contribution >= 4 is 17.7 Å². The molecule has 1 aliphatic heterocycles. The minimum absolute atomic E-state index is 0.165. The largest absolute Gasteiger partial charge is 0.481 e. The summed E-state index contributed by atoms with van der Waals surface area (Å²) < 4.78 is 11.3. The summed E-state index contributed by atoms with van der Waals surface area (Å²) in [7, 11) is 0. The van der Waals surface area contributed by atoms with Crippen LogP contribution in [0, 0.1) is 5.92 Å². The molecule has 1 aliphatic carbocycles. The molecule has 146 valence electrons. The second kappa shape index (κ2) is 7.16. The molecule has 2 unspecified atom stereocenters. The minimum Gasteiger partial charge on any atom is -0.481 e. The van der Waals surface area contributed by atoms with Crippen LogP contribution < -0.4 is 9.47 Å². The van der Waals surface area contributed by atoms with Crippen LogP contribution in [0.2, 0.25) is 0 Å². The first kappa shape index (κ1) is 18.1. The number of hydrogen-bond acceptors (Lipinski definition) is 4. The van der Waals surface area contributed by atoms with Crippen molar-refractivity contribution in [1.29, 1.82) is 0 Å². The molecule has 0 spiro atoms. The fourth-order valence-corrected chi connectivity index (χ4v) is 5.11. The first-order valence-electron chi connectivity index (χ1n) is 9.53. The molecule has 29 heavy (non-hydrogen) atoms. The predicted molar refractivity (Wildman–Crippen MR) is 112 cm³/mol. The Kier molecular flexibility index (Phi) is 4.47. The average Bonchev–Trinajstić information content (AvgIpc) is 3.36. The van der Waals surface area contributed by atoms with E-state index in [1.165, 1.54) is 0 Å². The van der Waals surface area contributed by atoms with Gasteiger partial charge < -0.3 is 14.6 Å². The van der Waals surface area contributed by atoms with Gasteiger partial charge in [0.2, 0.25) is 6.79 Å². The van der Waals surface area contributed by atoms with Crippen LogP contribution in [0.15, 0.2) is 71.6 Å². The number of para-hydroxylation sites is 1. The number of ether oxygens (including phenoxy) is 2. The van der Waals surface area contributed by atoms with Crippen LogP contribution in [0.1, 0.15) is 34.1 Å². The van der Waals surface area contributed by atoms with E-state index < -0.39 is 11.9 Å². The minimum atomic E-state index is -0.804. The summed E-state index contributed by atoms with van der Waals surface area (Å²) in [5.74, 6) is -0.605. The van der Waals surface area contributed by atoms with Crippen LogP contribution in [0.25, 0.3) is 0 Å². The lowest BCUT2D eigenvalue weighted by Crippen LogP contribution is -2.24. The van der Waals surface area contributed by atoms with Gasteiger partial charge in [-0.2, -0.15) is 0 Å². The molecule has 0 fully saturated rings. The standard InChI is InChI=1S/C24H20O4S/c1-29-15-11-9-14(10-12-15)20-16-5-2-3-6-17(16)21(22(20)24(25)26)18-7-4-8-19-23(18)28-13-27-19/h2-12,20-22H,13H2,1H3,(H,25,26)/t20-,21?,22?/m1/s1. The number of carbonyl (C=O) groups is 1. The van der Waals surface area contributed by atoms with Gasteiger partial charge in [-0.3, -0.25) is 4.79 Å². The third-order valence-corrected chi connectivity index (χ3v) is 6.65. The van der Waals surface area contributed by atoms with Crippen molar-refractivity contribution in [3.63, 3.8) is 0 Å². The van der Waals surface area contributed by atoms with Gasteiger partial charge in [-0.15, -0.1) is 11.8 Å². The zero-order chi connectivity index (χ0) is 20.0. The quantitative estimate of drug-likeness (QED) is 0.612. The lowest BCUT2D eigenvalue weighted by Gasteiger charge is -2.23. The molecule has 0 radical (unpaired) electrons. The molecule has 3 atom stereocenters. The molecular weight excluding hydrogens is 384 g/mol. The van der Waals surface area contributed by atoms with E-state index in [1.807, 2.05) is 42.7 Å². The number of benzene rings is 3. The first-order chi connectivity index (χ1) is 14.2. The maximum absolute atomic E-state index is 12.6. The molecule has 0 saturated heterocycles. The molecule has 3 aromatic carbocycles. The number of carboxylic acids is 1. The highest BCUT2D eigenvalue weighted by Gasteiger charge is 2.47. The Hall–Kier alpha value is -2.92. The second-order valence-corrected chi connectivity index (χ2v) is 8.18. The van der Waals surface area contributed by atoms with Crippen LogP contribution in [-0.4, -0.2) is 24.1 Å². The SMILES string of the molecule is CSc1ccc([C@@H]2c3ccccc3C(c3cccc4c3OCO4)C2C(=O)O)cc1. The summed E-state index contributed by atoms with van der Waals surface area (Å²) in [4.78, 5) is 13.7. The maximum Gasteiger partial charge on any atom is 0.308 e. The van der Waals surface area contributed by atoms with E-state index in [1.54, 1.807) is 11.8 Å². The summed E-state index contributed by atoms with van der Waals surface area (Å²) in [6.07, 6.45) is 2.04. The Balaban J connectivity index is 1.70. The Morgan fingerprint density at radius 1 is 0.897 bits per heavy atom. The number of thioether (sulfide) groups is 1. The molecule has 1 heterocycles. The number of rotatable bonds is 4. The van der Waals surface area contributed by atoms with Gasteiger partial charge in [0.1, 0.15) is 0 Å². The topological polar surface area (TPSA) is 55.8 Å². The van der Waals surface area contributed by atoms with Crippen molar-refractivity contribution in [3.05, 3.63) is 89.0 Å². The van der Waals surface area contributed by atoms with Crippen LogP contribution in [0.4, 0.5) is 0 Å². The normalized spacial score (nSPS) is 21.8. The van der Waals surface area contributed by atoms with Crippen molar-refractivity contribution in [3.8, 4) is 11.5 Å². The van der Waals surface area contributed by atoms with Crippen molar-refractivity contribution in [2.24, 2.45) is 5.92 Å². The lowest BCUT2D eigenvalue weighted by molar-refractivity contribution is -0.142. The molecule has 0 saturated carbocycles. The van der Waals surface area contributed by atoms with Crippen LogP contribution >= 0.6 is 11.8 Å². The van der Waals surface area contributed by atoms with Gasteiger partial charge >= 0.3 is 5.97 Å². The zero-order valence-electron chi connectivity index (χ0n) is 15.9. The lowest BCUT2D eigenvalue weighted by atomic mass is 9.79. The van der Waals surface area contributed by atoms with E-state index >= 15 is 0 Å². The number of carboxylic acid groups (broad SMARTS) is 1. The first-order valence-corrected chi connectivity index (χ1v) is 10.8. The summed E-state index contributed by atoms with van der Waals surface area (Å²) in [6.45, 7) is 0.165. The van der Waals surface area contributed by atoms with Gasteiger partial charge in [0.05, 0.1) is 5.92 Å². The molecule has 5 rings (SSSR count). The predicted octanol–water partition coefficient (Wildman–Crippen LogP) is 5.12. The molecule has 2 aliphatic rings. The van der Waals surface area contributed by atoms with Gasteiger partial charge in [0.15, 0.2) is 11.5 Å². The maximum atomic E-state index is 12.6. The van der Waals surface area contributed by atoms with E-state index in [0.29, 0.717) is 11.5 Å². The highest BCUT2D eigenvalue weighted by Crippen LogP contribution is 2.55. The molecule has 4 nitrogen and oxygen atoms in total. The van der Waals surface area contributed by atoms with E-state index in [0.717, 1.165) is 27.1 Å². The Bertz CT molecular complexity index is 1080.